The molecule has 0 amide bonds. The zero-order valence-electron chi connectivity index (χ0n) is 11.8. The van der Waals surface area contributed by atoms with Crippen molar-refractivity contribution in [2.24, 2.45) is 17.6 Å². The molecule has 0 bridgehead atoms. The van der Waals surface area contributed by atoms with Crippen molar-refractivity contribution in [1.29, 1.82) is 0 Å². The van der Waals surface area contributed by atoms with Gasteiger partial charge in [0.05, 0.1) is 0 Å². The normalized spacial score (nSPS) is 13.7. The van der Waals surface area contributed by atoms with Gasteiger partial charge in [-0.15, -0.1) is 0 Å². The summed E-state index contributed by atoms with van der Waals surface area (Å²) >= 11 is 0. The van der Waals surface area contributed by atoms with Crippen molar-refractivity contribution in [2.75, 3.05) is 26.2 Å². The molecule has 0 radical (unpaired) electrons. The van der Waals surface area contributed by atoms with E-state index in [2.05, 4.69) is 32.6 Å². The fourth-order valence-electron chi connectivity index (χ4n) is 2.24. The first kappa shape index (κ1) is 15.9. The van der Waals surface area contributed by atoms with Gasteiger partial charge in [-0.25, -0.2) is 0 Å². The van der Waals surface area contributed by atoms with Crippen molar-refractivity contribution < 1.29 is 0 Å². The Labute approximate surface area is 103 Å². The molecule has 0 aromatic heterocycles. The molecule has 16 heavy (non-hydrogen) atoms. The van der Waals surface area contributed by atoms with E-state index in [1.807, 2.05) is 0 Å². The Kier molecular flexibility index (Phi) is 10.0. The minimum absolute atomic E-state index is 0.746. The molecular weight excluding hydrogens is 196 g/mol. The third kappa shape index (κ3) is 8.12. The average molecular weight is 228 g/mol. The highest BCUT2D eigenvalue weighted by atomic mass is 15.1. The van der Waals surface area contributed by atoms with Gasteiger partial charge in [0, 0.05) is 26.2 Å². The smallest absolute Gasteiger partial charge is 0.0105 e. The summed E-state index contributed by atoms with van der Waals surface area (Å²) in [4.78, 5) is 2.55. The van der Waals surface area contributed by atoms with Crippen LogP contribution < -0.4 is 5.73 Å². The SMILES string of the molecule is CCCCC(CC)CN(CCN)CC(C)C. The lowest BCUT2D eigenvalue weighted by Gasteiger charge is -2.28. The van der Waals surface area contributed by atoms with Gasteiger partial charge in [-0.2, -0.15) is 0 Å². The monoisotopic (exact) mass is 228 g/mol. The third-order valence-corrected chi connectivity index (χ3v) is 3.13. The first-order chi connectivity index (χ1) is 7.63. The molecule has 0 spiro atoms. The molecule has 0 saturated carbocycles. The van der Waals surface area contributed by atoms with Gasteiger partial charge >= 0.3 is 0 Å². The Bertz CT molecular complexity index is 146. The van der Waals surface area contributed by atoms with E-state index in [9.17, 15) is 0 Å². The van der Waals surface area contributed by atoms with E-state index < -0.39 is 0 Å². The van der Waals surface area contributed by atoms with Crippen LogP contribution >= 0.6 is 0 Å². The maximum Gasteiger partial charge on any atom is 0.0105 e. The van der Waals surface area contributed by atoms with Gasteiger partial charge in [0.25, 0.3) is 0 Å². The number of hydrogen-bond donors (Lipinski definition) is 1. The molecule has 0 aromatic carbocycles. The number of rotatable bonds is 10. The molecule has 0 heterocycles. The van der Waals surface area contributed by atoms with Crippen molar-refractivity contribution >= 4 is 0 Å². The average Bonchev–Trinajstić information content (AvgIpc) is 2.23. The molecule has 0 aliphatic rings. The zero-order valence-corrected chi connectivity index (χ0v) is 11.8. The molecule has 2 N–H and O–H groups in total. The van der Waals surface area contributed by atoms with Crippen LogP contribution in [0.3, 0.4) is 0 Å². The van der Waals surface area contributed by atoms with E-state index in [-0.39, 0.29) is 0 Å². The Balaban J connectivity index is 4.00. The molecule has 98 valence electrons. The maximum absolute atomic E-state index is 5.68. The van der Waals surface area contributed by atoms with Gasteiger partial charge in [0.1, 0.15) is 0 Å². The Morgan fingerprint density at radius 3 is 2.25 bits per heavy atom. The molecule has 2 nitrogen and oxygen atoms in total. The largest absolute Gasteiger partial charge is 0.329 e. The van der Waals surface area contributed by atoms with Crippen LogP contribution in [-0.4, -0.2) is 31.1 Å². The van der Waals surface area contributed by atoms with E-state index in [1.54, 1.807) is 0 Å². The lowest BCUT2D eigenvalue weighted by atomic mass is 9.98. The van der Waals surface area contributed by atoms with E-state index in [4.69, 9.17) is 5.73 Å². The van der Waals surface area contributed by atoms with Crippen LogP contribution in [0.2, 0.25) is 0 Å². The highest BCUT2D eigenvalue weighted by molar-refractivity contribution is 4.67. The number of hydrogen-bond acceptors (Lipinski definition) is 2. The van der Waals surface area contributed by atoms with Crippen LogP contribution in [0.5, 0.6) is 0 Å². The van der Waals surface area contributed by atoms with Gasteiger partial charge in [-0.1, -0.05) is 47.0 Å². The summed E-state index contributed by atoms with van der Waals surface area (Å²) in [6.07, 6.45) is 5.37. The summed E-state index contributed by atoms with van der Waals surface area (Å²) in [5, 5.41) is 0. The van der Waals surface area contributed by atoms with Gasteiger partial charge in [-0.05, 0) is 18.3 Å². The molecule has 1 unspecified atom stereocenters. The summed E-state index contributed by atoms with van der Waals surface area (Å²) in [7, 11) is 0. The summed E-state index contributed by atoms with van der Waals surface area (Å²) in [5.41, 5.74) is 5.68. The summed E-state index contributed by atoms with van der Waals surface area (Å²) in [5.74, 6) is 1.61. The number of unbranched alkanes of at least 4 members (excludes halogenated alkanes) is 1. The summed E-state index contributed by atoms with van der Waals surface area (Å²) in [6, 6.07) is 0. The van der Waals surface area contributed by atoms with Crippen molar-refractivity contribution in [3.05, 3.63) is 0 Å². The first-order valence-electron chi connectivity index (χ1n) is 7.06. The second-order valence-corrected chi connectivity index (χ2v) is 5.36. The topological polar surface area (TPSA) is 29.3 Å². The minimum atomic E-state index is 0.746. The Morgan fingerprint density at radius 2 is 1.81 bits per heavy atom. The number of nitrogens with two attached hydrogens (primary N) is 1. The van der Waals surface area contributed by atoms with E-state index >= 15 is 0 Å². The molecule has 0 aliphatic heterocycles. The molecule has 2 heteroatoms. The van der Waals surface area contributed by atoms with Crippen molar-refractivity contribution in [1.82, 2.24) is 4.90 Å². The van der Waals surface area contributed by atoms with Crippen LogP contribution in [0.4, 0.5) is 0 Å². The standard InChI is InChI=1S/C14H32N2/c1-5-7-8-14(6-2)12-16(10-9-15)11-13(3)4/h13-14H,5-12,15H2,1-4H3. The zero-order chi connectivity index (χ0) is 12.4. The van der Waals surface area contributed by atoms with Gasteiger partial charge in [0.2, 0.25) is 0 Å². The van der Waals surface area contributed by atoms with Crippen molar-refractivity contribution in [3.8, 4) is 0 Å². The summed E-state index contributed by atoms with van der Waals surface area (Å²) in [6.45, 7) is 13.4. The van der Waals surface area contributed by atoms with Gasteiger partial charge in [-0.3, -0.25) is 0 Å². The molecule has 0 fully saturated rings. The fourth-order valence-corrected chi connectivity index (χ4v) is 2.24. The predicted molar refractivity (Wildman–Crippen MR) is 73.6 cm³/mol. The highest BCUT2D eigenvalue weighted by Crippen LogP contribution is 2.14. The predicted octanol–water partition coefficient (Wildman–Crippen LogP) is 3.12. The van der Waals surface area contributed by atoms with E-state index in [1.165, 1.54) is 38.8 Å². The first-order valence-corrected chi connectivity index (χ1v) is 7.06. The third-order valence-electron chi connectivity index (χ3n) is 3.13. The van der Waals surface area contributed by atoms with Crippen molar-refractivity contribution in [3.63, 3.8) is 0 Å². The Morgan fingerprint density at radius 1 is 1.12 bits per heavy atom. The lowest BCUT2D eigenvalue weighted by Crippen LogP contribution is -2.36. The molecular formula is C14H32N2. The van der Waals surface area contributed by atoms with Crippen LogP contribution in [0.1, 0.15) is 53.4 Å². The second kappa shape index (κ2) is 10.1. The molecule has 0 saturated heterocycles. The van der Waals surface area contributed by atoms with Crippen molar-refractivity contribution in [2.45, 2.75) is 53.4 Å². The minimum Gasteiger partial charge on any atom is -0.329 e. The molecule has 0 rings (SSSR count). The van der Waals surface area contributed by atoms with Crippen LogP contribution in [0.15, 0.2) is 0 Å². The van der Waals surface area contributed by atoms with Crippen LogP contribution in [0, 0.1) is 11.8 Å². The number of nitrogens with zero attached hydrogens (tertiary/aromatic N) is 1. The molecule has 1 atom stereocenters. The maximum atomic E-state index is 5.68. The van der Waals surface area contributed by atoms with Gasteiger partial charge in [0.15, 0.2) is 0 Å². The van der Waals surface area contributed by atoms with E-state index in [0.29, 0.717) is 0 Å². The second-order valence-electron chi connectivity index (χ2n) is 5.36. The molecule has 0 aromatic rings. The van der Waals surface area contributed by atoms with Crippen LogP contribution in [0.25, 0.3) is 0 Å². The van der Waals surface area contributed by atoms with E-state index in [0.717, 1.165) is 24.9 Å². The lowest BCUT2D eigenvalue weighted by molar-refractivity contribution is 0.203. The summed E-state index contributed by atoms with van der Waals surface area (Å²) < 4.78 is 0. The quantitative estimate of drug-likeness (QED) is 0.622. The van der Waals surface area contributed by atoms with Crippen LogP contribution in [-0.2, 0) is 0 Å². The fraction of sp³-hybridized carbons (Fsp3) is 1.00. The van der Waals surface area contributed by atoms with Gasteiger partial charge < -0.3 is 10.6 Å². The molecule has 0 aliphatic carbocycles. The Hall–Kier alpha value is -0.0800. The highest BCUT2D eigenvalue weighted by Gasteiger charge is 2.12.